The van der Waals surface area contributed by atoms with Gasteiger partial charge in [-0.15, -0.1) is 0 Å². The number of halogens is 3. The van der Waals surface area contributed by atoms with Crippen LogP contribution < -0.4 is 9.62 Å². The van der Waals surface area contributed by atoms with Gasteiger partial charge in [-0.2, -0.15) is 4.98 Å². The van der Waals surface area contributed by atoms with Crippen LogP contribution in [0.1, 0.15) is 16.8 Å². The van der Waals surface area contributed by atoms with E-state index >= 15 is 0 Å². The molecule has 0 spiro atoms. The van der Waals surface area contributed by atoms with Crippen LogP contribution in [0.3, 0.4) is 0 Å². The van der Waals surface area contributed by atoms with Crippen molar-refractivity contribution >= 4 is 43.8 Å². The van der Waals surface area contributed by atoms with Crippen molar-refractivity contribution in [3.63, 3.8) is 0 Å². The molecule has 6 aromatic rings. The van der Waals surface area contributed by atoms with Crippen LogP contribution in [0, 0.1) is 11.7 Å². The van der Waals surface area contributed by atoms with Gasteiger partial charge in [-0.3, -0.25) is 9.10 Å². The highest BCUT2D eigenvalue weighted by molar-refractivity contribution is 7.92. The van der Waals surface area contributed by atoms with Gasteiger partial charge in [-0.25, -0.2) is 26.6 Å². The summed E-state index contributed by atoms with van der Waals surface area (Å²) in [7, 11) is -2.64. The molecule has 3 aromatic heterocycles. The summed E-state index contributed by atoms with van der Waals surface area (Å²) in [6, 6.07) is 18.8. The SMILES string of the molecule is CNC(=O)c1c(-c2ccc(F)cc2)oc2cc(N(CC3CC3(F)F)S(C)(=O)=O)c(-c3cccc(-c4nc5ncccc5o4)c3)cc12. The number of furan rings is 1. The Bertz CT molecular complexity index is 2230. The Kier molecular flexibility index (Phi) is 6.89. The van der Waals surface area contributed by atoms with Crippen LogP contribution in [-0.4, -0.2) is 50.1 Å². The number of fused-ring (bicyclic) bond motifs is 2. The number of anilines is 1. The zero-order chi connectivity index (χ0) is 32.4. The third-order valence-electron chi connectivity index (χ3n) is 7.96. The first-order valence-corrected chi connectivity index (χ1v) is 16.0. The van der Waals surface area contributed by atoms with E-state index in [1.165, 1.54) is 37.4 Å². The summed E-state index contributed by atoms with van der Waals surface area (Å²) in [5.74, 6) is -4.74. The average Bonchev–Trinajstić information content (AvgIpc) is 3.34. The number of sulfonamides is 1. The Morgan fingerprint density at radius 3 is 2.41 bits per heavy atom. The number of benzene rings is 3. The average molecular weight is 647 g/mol. The lowest BCUT2D eigenvalue weighted by atomic mass is 9.97. The highest BCUT2D eigenvalue weighted by Crippen LogP contribution is 2.50. The van der Waals surface area contributed by atoms with Gasteiger partial charge in [0.2, 0.25) is 15.9 Å². The number of rotatable bonds is 8. The largest absolute Gasteiger partial charge is 0.455 e. The maximum atomic E-state index is 14.1. The summed E-state index contributed by atoms with van der Waals surface area (Å²) < 4.78 is 81.4. The quantitative estimate of drug-likeness (QED) is 0.191. The topological polar surface area (TPSA) is 119 Å². The third kappa shape index (κ3) is 5.26. The number of carbonyl (C=O) groups is 1. The van der Waals surface area contributed by atoms with E-state index in [2.05, 4.69) is 15.3 Å². The maximum absolute atomic E-state index is 14.1. The van der Waals surface area contributed by atoms with Crippen LogP contribution in [0.2, 0.25) is 0 Å². The second-order valence-electron chi connectivity index (χ2n) is 11.1. The molecule has 1 amide bonds. The zero-order valence-corrected chi connectivity index (χ0v) is 25.2. The Balaban J connectivity index is 1.48. The molecule has 1 atom stereocenters. The molecule has 3 heterocycles. The first-order chi connectivity index (χ1) is 21.9. The zero-order valence-electron chi connectivity index (χ0n) is 24.4. The van der Waals surface area contributed by atoms with Crippen LogP contribution in [0.5, 0.6) is 0 Å². The summed E-state index contributed by atoms with van der Waals surface area (Å²) >= 11 is 0. The van der Waals surface area contributed by atoms with Crippen molar-refractivity contribution in [2.45, 2.75) is 12.3 Å². The van der Waals surface area contributed by atoms with Crippen molar-refractivity contribution < 1.29 is 35.2 Å². The third-order valence-corrected chi connectivity index (χ3v) is 9.11. The molecule has 234 valence electrons. The molecule has 13 heteroatoms. The van der Waals surface area contributed by atoms with Crippen LogP contribution >= 0.6 is 0 Å². The number of carbonyl (C=O) groups excluding carboxylic acids is 1. The highest BCUT2D eigenvalue weighted by atomic mass is 32.2. The van der Waals surface area contributed by atoms with E-state index in [1.807, 2.05) is 0 Å². The van der Waals surface area contributed by atoms with E-state index in [9.17, 15) is 26.4 Å². The predicted octanol–water partition coefficient (Wildman–Crippen LogP) is 6.89. The summed E-state index contributed by atoms with van der Waals surface area (Å²) in [5, 5.41) is 2.93. The number of nitrogens with one attached hydrogen (secondary N) is 1. The molecule has 3 aromatic carbocycles. The van der Waals surface area contributed by atoms with Crippen molar-refractivity contribution in [1.29, 1.82) is 0 Å². The number of oxazole rings is 1. The van der Waals surface area contributed by atoms with Gasteiger partial charge in [-0.05, 0) is 60.2 Å². The Hall–Kier alpha value is -5.17. The van der Waals surface area contributed by atoms with Gasteiger partial charge in [-0.1, -0.05) is 12.1 Å². The molecule has 1 N–H and O–H groups in total. The number of aromatic nitrogens is 2. The normalized spacial score (nSPS) is 15.7. The van der Waals surface area contributed by atoms with E-state index in [-0.39, 0.29) is 28.5 Å². The summed E-state index contributed by atoms with van der Waals surface area (Å²) in [6.07, 6.45) is 2.10. The molecule has 7 rings (SSSR count). The minimum atomic E-state index is -4.08. The summed E-state index contributed by atoms with van der Waals surface area (Å²) in [6.45, 7) is -0.464. The minimum Gasteiger partial charge on any atom is -0.455 e. The second-order valence-corrected chi connectivity index (χ2v) is 13.0. The lowest BCUT2D eigenvalue weighted by Crippen LogP contribution is -2.33. The first kappa shape index (κ1) is 29.5. The molecule has 0 aliphatic heterocycles. The van der Waals surface area contributed by atoms with Crippen molar-refractivity contribution in [3.05, 3.63) is 90.4 Å². The molecule has 1 saturated carbocycles. The smallest absolute Gasteiger partial charge is 0.255 e. The standard InChI is InChI=1S/C33H25F3N4O5S/c1-37-31(41)28-24-14-23(19-5-3-6-20(13-19)32-39-30-26(45-32)7-4-12-38-30)25(40(46(2,42)43)17-21-16-33(21,35)36)15-27(24)44-29(28)18-8-10-22(34)11-9-18/h3-15,21H,16-17H2,1-2H3,(H,37,41). The number of amides is 1. The van der Waals surface area contributed by atoms with Crippen LogP contribution in [0.15, 0.2) is 87.8 Å². The lowest BCUT2D eigenvalue weighted by Gasteiger charge is -2.25. The first-order valence-electron chi connectivity index (χ1n) is 14.2. The summed E-state index contributed by atoms with van der Waals surface area (Å²) in [5.41, 5.74) is 3.00. The van der Waals surface area contributed by atoms with Crippen LogP contribution in [0.25, 0.3) is 56.1 Å². The Labute approximate surface area is 260 Å². The molecule has 1 unspecified atom stereocenters. The fraction of sp³-hybridized carbons (Fsp3) is 0.182. The van der Waals surface area contributed by atoms with Gasteiger partial charge in [0.15, 0.2) is 11.2 Å². The molecular weight excluding hydrogens is 621 g/mol. The van der Waals surface area contributed by atoms with Crippen molar-refractivity contribution in [1.82, 2.24) is 15.3 Å². The molecule has 0 saturated heterocycles. The maximum Gasteiger partial charge on any atom is 0.255 e. The van der Waals surface area contributed by atoms with E-state index < -0.39 is 46.6 Å². The van der Waals surface area contributed by atoms with Gasteiger partial charge < -0.3 is 14.2 Å². The Morgan fingerprint density at radius 2 is 1.74 bits per heavy atom. The van der Waals surface area contributed by atoms with Gasteiger partial charge in [0.1, 0.15) is 17.2 Å². The van der Waals surface area contributed by atoms with Crippen LogP contribution in [-0.2, 0) is 10.0 Å². The fourth-order valence-corrected chi connectivity index (χ4v) is 6.48. The Morgan fingerprint density at radius 1 is 1.00 bits per heavy atom. The molecule has 9 nitrogen and oxygen atoms in total. The summed E-state index contributed by atoms with van der Waals surface area (Å²) in [4.78, 5) is 21.9. The second kappa shape index (κ2) is 10.7. The molecule has 0 bridgehead atoms. The van der Waals surface area contributed by atoms with Gasteiger partial charge in [0.25, 0.3) is 11.8 Å². The number of pyridine rings is 1. The highest BCUT2D eigenvalue weighted by Gasteiger charge is 2.58. The van der Waals surface area contributed by atoms with Crippen molar-refractivity contribution in [2.24, 2.45) is 5.92 Å². The molecular formula is C33H25F3N4O5S. The minimum absolute atomic E-state index is 0.0805. The van der Waals surface area contributed by atoms with Gasteiger partial charge >= 0.3 is 0 Å². The monoisotopic (exact) mass is 646 g/mol. The van der Waals surface area contributed by atoms with Crippen molar-refractivity contribution in [2.75, 3.05) is 24.2 Å². The molecule has 1 aliphatic carbocycles. The van der Waals surface area contributed by atoms with E-state index in [0.717, 1.165) is 10.6 Å². The van der Waals surface area contributed by atoms with Gasteiger partial charge in [0.05, 0.1) is 17.5 Å². The number of hydrogen-bond acceptors (Lipinski definition) is 7. The lowest BCUT2D eigenvalue weighted by molar-refractivity contribution is 0.0963. The van der Waals surface area contributed by atoms with Gasteiger partial charge in [0, 0.05) is 60.3 Å². The molecule has 1 aliphatic rings. The molecule has 46 heavy (non-hydrogen) atoms. The number of nitrogens with zero attached hydrogens (tertiary/aromatic N) is 3. The number of hydrogen-bond donors (Lipinski definition) is 1. The van der Waals surface area contributed by atoms with E-state index in [4.69, 9.17) is 8.83 Å². The van der Waals surface area contributed by atoms with Crippen molar-refractivity contribution in [3.8, 4) is 33.9 Å². The molecule has 0 radical (unpaired) electrons. The predicted molar refractivity (Wildman–Crippen MR) is 166 cm³/mol. The number of alkyl halides is 2. The van der Waals surface area contributed by atoms with E-state index in [1.54, 1.807) is 48.7 Å². The van der Waals surface area contributed by atoms with Crippen LogP contribution in [0.4, 0.5) is 18.9 Å². The molecule has 1 fully saturated rings. The fourth-order valence-electron chi connectivity index (χ4n) is 5.52. The van der Waals surface area contributed by atoms with E-state index in [0.29, 0.717) is 38.9 Å².